The fourth-order valence-electron chi connectivity index (χ4n) is 10.5. The maximum Gasteiger partial charge on any atom is 0.252 e. The number of anilines is 6. The van der Waals surface area contributed by atoms with Crippen LogP contribution in [0.2, 0.25) is 0 Å². The van der Waals surface area contributed by atoms with Crippen LogP contribution in [0.25, 0.3) is 76.9 Å². The molecule has 3 aliphatic rings. The van der Waals surface area contributed by atoms with Crippen LogP contribution in [0.3, 0.4) is 0 Å². The lowest BCUT2D eigenvalue weighted by atomic mass is 9.33. The van der Waals surface area contributed by atoms with Crippen molar-refractivity contribution < 1.29 is 42.8 Å². The van der Waals surface area contributed by atoms with E-state index in [2.05, 4.69) is 0 Å². The highest BCUT2D eigenvalue weighted by Crippen LogP contribution is 2.54. The number of hydrogen-bond acceptors (Lipinski definition) is 3. The quantitative estimate of drug-likeness (QED) is 0.162. The van der Waals surface area contributed by atoms with E-state index >= 15 is 0 Å². The molecule has 12 aromatic rings. The van der Waals surface area contributed by atoms with Crippen LogP contribution in [0.15, 0.2) is 174 Å². The van der Waals surface area contributed by atoms with E-state index < -0.39 is 258 Å². The van der Waals surface area contributed by atoms with Gasteiger partial charge in [0.1, 0.15) is 11.2 Å². The van der Waals surface area contributed by atoms with Crippen LogP contribution < -0.4 is 26.2 Å². The molecular weight excluding hydrogens is 876 g/mol. The maximum atomic E-state index is 11.2. The molecule has 72 heavy (non-hydrogen) atoms. The molecule has 0 N–H and O–H groups in total. The summed E-state index contributed by atoms with van der Waals surface area (Å²) in [7, 11) is 0. The summed E-state index contributed by atoms with van der Waals surface area (Å²) in [5.41, 5.74) is -11.9. The fourth-order valence-corrected chi connectivity index (χ4v) is 10.5. The van der Waals surface area contributed by atoms with Gasteiger partial charge < -0.3 is 23.4 Å². The first-order chi connectivity index (χ1) is 46.3. The zero-order chi connectivity index (χ0) is 73.3. The van der Waals surface area contributed by atoms with Crippen molar-refractivity contribution >= 4 is 123 Å². The van der Waals surface area contributed by atoms with Gasteiger partial charge >= 0.3 is 0 Å². The zero-order valence-corrected chi connectivity index (χ0v) is 40.3. The van der Waals surface area contributed by atoms with Crippen molar-refractivity contribution in [1.82, 2.24) is 9.13 Å². The van der Waals surface area contributed by atoms with E-state index in [0.717, 1.165) is 14.0 Å². The van der Waals surface area contributed by atoms with Gasteiger partial charge in [-0.1, -0.05) is 147 Å². The molecule has 5 nitrogen and oxygen atoms in total. The molecule has 15 rings (SSSR count). The van der Waals surface area contributed by atoms with Crippen molar-refractivity contribution in [1.29, 1.82) is 0 Å². The van der Waals surface area contributed by atoms with E-state index in [1.165, 1.54) is 4.90 Å². The summed E-state index contributed by atoms with van der Waals surface area (Å²) in [4.78, 5) is 2.24. The Morgan fingerprint density at radius 2 is 0.986 bits per heavy atom. The monoisotopic (exact) mass is 959 g/mol. The summed E-state index contributed by atoms with van der Waals surface area (Å²) in [5.74, 6) is 0. The van der Waals surface area contributed by atoms with Crippen LogP contribution in [-0.4, -0.2) is 15.8 Å². The number of hydrogen-bond donors (Lipinski definition) is 0. The Balaban J connectivity index is 1.26. The molecule has 0 spiro atoms. The van der Waals surface area contributed by atoms with Crippen molar-refractivity contribution in [2.75, 3.05) is 9.80 Å². The Bertz CT molecular complexity index is 5960. The second kappa shape index (κ2) is 13.9. The van der Waals surface area contributed by atoms with Gasteiger partial charge in [-0.2, -0.15) is 0 Å². The molecule has 3 aliphatic heterocycles. The number of furan rings is 1. The van der Waals surface area contributed by atoms with E-state index in [4.69, 9.17) is 11.3 Å². The Kier molecular flexibility index (Phi) is 4.38. The molecule has 0 aliphatic carbocycles. The van der Waals surface area contributed by atoms with Crippen molar-refractivity contribution in [2.24, 2.45) is 0 Å². The summed E-state index contributed by atoms with van der Waals surface area (Å²) >= 11 is 0. The van der Waals surface area contributed by atoms with Gasteiger partial charge in [0.2, 0.25) is 0 Å². The van der Waals surface area contributed by atoms with Crippen LogP contribution in [0.4, 0.5) is 34.1 Å². The van der Waals surface area contributed by atoms with Crippen molar-refractivity contribution in [2.45, 2.75) is 78.6 Å². The van der Waals surface area contributed by atoms with Crippen molar-refractivity contribution in [3.8, 4) is 11.4 Å². The Hall–Kier alpha value is -7.96. The highest BCUT2D eigenvalue weighted by molar-refractivity contribution is 7.00. The average molecular weight is 959 g/mol. The van der Waals surface area contributed by atoms with Gasteiger partial charge in [-0.05, 0) is 134 Å². The number of fused-ring (bicyclic) bond motifs is 15. The summed E-state index contributed by atoms with van der Waals surface area (Å²) in [6, 6.07) is -20.8. The second-order valence-corrected chi connectivity index (χ2v) is 21.6. The average Bonchev–Trinajstić information content (AvgIpc) is 1.15. The predicted molar refractivity (Wildman–Crippen MR) is 306 cm³/mol. The third-order valence-electron chi connectivity index (χ3n) is 14.0. The molecule has 6 heterocycles. The van der Waals surface area contributed by atoms with Crippen molar-refractivity contribution in [3.63, 3.8) is 0 Å². The van der Waals surface area contributed by atoms with Gasteiger partial charge in [-0.25, -0.2) is 0 Å². The van der Waals surface area contributed by atoms with Gasteiger partial charge in [-0.3, -0.25) is 0 Å². The molecule has 3 aromatic heterocycles. The van der Waals surface area contributed by atoms with E-state index in [9.17, 15) is 31.5 Å². The number of nitrogens with zero attached hydrogens (tertiary/aromatic N) is 4. The molecule has 0 bridgehead atoms. The van der Waals surface area contributed by atoms with E-state index in [-0.39, 0.29) is 78.2 Å². The molecule has 6 heteroatoms. The Labute approximate surface area is 459 Å². The number of para-hydroxylation sites is 4. The van der Waals surface area contributed by atoms with Crippen LogP contribution in [-0.2, 0) is 16.2 Å². The van der Waals surface area contributed by atoms with Gasteiger partial charge in [0, 0.05) is 49.7 Å². The number of benzene rings is 9. The normalized spacial score (nSPS) is 19.5. The standard InChI is InChI=1S/C66H55BN4O/c1-64(2,3)38-27-31-50-45(33-38)46-34-39(65(4,5)6)28-32-51(46)68(50)41-29-30-47-55(37-41)69(52-22-16-26-59-60(52)44-18-11-13-25-58(44)72-59)56-35-40(66(7,8)9)36-57-61(56)67(47)48-20-15-24-54-63(48)71(57)53-23-14-19-43-42-17-10-12-21-49(42)70(54)62(43)53/h10-37H,1-9H3/i10D,11D,12D,13D,14D,15D,16D,17D,18D,19D,20D,21D,22D,23D,24D,25D,26D,27D,28D,29D,30D,31D,32D,33D,34D,35D,36D,37D. The van der Waals surface area contributed by atoms with E-state index in [0.29, 0.717) is 0 Å². The first-order valence-corrected chi connectivity index (χ1v) is 23.5. The zero-order valence-electron chi connectivity index (χ0n) is 68.3. The minimum Gasteiger partial charge on any atom is -0.456 e. The largest absolute Gasteiger partial charge is 0.456 e. The Morgan fingerprint density at radius 1 is 0.403 bits per heavy atom. The topological polar surface area (TPSA) is 29.5 Å². The summed E-state index contributed by atoms with van der Waals surface area (Å²) in [6.07, 6.45) is 0. The minimum absolute atomic E-state index is 0.0268. The molecule has 0 amide bonds. The molecule has 0 fully saturated rings. The van der Waals surface area contributed by atoms with Crippen LogP contribution in [0.5, 0.6) is 0 Å². The molecule has 0 unspecified atom stereocenters. The van der Waals surface area contributed by atoms with Crippen molar-refractivity contribution in [3.05, 3.63) is 186 Å². The lowest BCUT2D eigenvalue weighted by molar-refractivity contribution is 0.590. The van der Waals surface area contributed by atoms with Gasteiger partial charge in [0.15, 0.2) is 0 Å². The van der Waals surface area contributed by atoms with Gasteiger partial charge in [0.25, 0.3) is 6.71 Å². The molecule has 348 valence electrons. The highest BCUT2D eigenvalue weighted by atomic mass is 16.3. The lowest BCUT2D eigenvalue weighted by Gasteiger charge is -2.47. The van der Waals surface area contributed by atoms with Crippen LogP contribution >= 0.6 is 0 Å². The second-order valence-electron chi connectivity index (χ2n) is 21.6. The first-order valence-electron chi connectivity index (χ1n) is 37.5. The molecule has 0 atom stereocenters. The smallest absolute Gasteiger partial charge is 0.252 e. The third kappa shape index (κ3) is 5.50. The van der Waals surface area contributed by atoms with Gasteiger partial charge in [-0.15, -0.1) is 0 Å². The molecule has 0 saturated carbocycles. The maximum absolute atomic E-state index is 11.2. The molecule has 0 radical (unpaired) electrons. The lowest BCUT2D eigenvalue weighted by Crippen LogP contribution is -2.62. The summed E-state index contributed by atoms with van der Waals surface area (Å²) in [6.45, 7) is 13.1. The van der Waals surface area contributed by atoms with E-state index in [1.54, 1.807) is 62.3 Å². The number of aromatic nitrogens is 2. The fraction of sp³-hybridized carbons (Fsp3) is 0.182. The molecule has 9 aromatic carbocycles. The van der Waals surface area contributed by atoms with Crippen LogP contribution in [0.1, 0.15) is 117 Å². The predicted octanol–water partition coefficient (Wildman–Crippen LogP) is 16.1. The SMILES string of the molecule is [2H]c1c([2H])c2c3c(c1[2H])-n1c4c([2H])c([2H])c([2H])c([2H])c4c4c([2H])c([2H])c([2H])c(c41)N3c1c([2H])c(C(C)(C)C)c([2H])c3c1B2c1c([2H])c([2H])c(-n2c4c([2H])c([2H])c(C(C)(C)C)c([2H])c4c4c([2H])c(C(C)(C)C)c([2H])c([2H])c42)c([2H])c1N3c1c([2H])c([2H])c([2H])c2oc3c([2H])c([2H])c([2H])c([2H])c3c12. The number of rotatable bonds is 2. The Morgan fingerprint density at radius 3 is 1.71 bits per heavy atom. The van der Waals surface area contributed by atoms with E-state index in [1.807, 2.05) is 0 Å². The van der Waals surface area contributed by atoms with Gasteiger partial charge in [0.05, 0.1) is 88.6 Å². The molecular formula is C66H55BN4O. The summed E-state index contributed by atoms with van der Waals surface area (Å²) in [5, 5.41) is -2.08. The highest BCUT2D eigenvalue weighted by Gasteiger charge is 2.47. The van der Waals surface area contributed by atoms with Crippen LogP contribution in [0, 0.1) is 0 Å². The minimum atomic E-state index is -1.98. The first kappa shape index (κ1) is 22.6. The molecule has 0 saturated heterocycles. The summed E-state index contributed by atoms with van der Waals surface area (Å²) < 4.78 is 284. The third-order valence-corrected chi connectivity index (χ3v) is 14.0.